The maximum Gasteiger partial charge on any atom is 0.269 e. The van der Waals surface area contributed by atoms with E-state index in [9.17, 15) is 17.6 Å². The summed E-state index contributed by atoms with van der Waals surface area (Å²) in [5.41, 5.74) is 0.794. The molecule has 10 heteroatoms. The highest BCUT2D eigenvalue weighted by Crippen LogP contribution is 2.49. The highest BCUT2D eigenvalue weighted by Gasteiger charge is 2.47. The standard InChI is InChI=1S/C25H16Cl3FN2O3S/c26-17-8-4-15(5-9-17)24-25(16-6-10-18(27)11-7-16)31(22-2-1-3-23(32)30(22)24)35(33,34)21-14-19(28)12-13-20(21)29/h1-14,24-25H/t24-,25+/m1/s1. The summed E-state index contributed by atoms with van der Waals surface area (Å²) in [6.45, 7) is 0. The van der Waals surface area contributed by atoms with Crippen molar-refractivity contribution >= 4 is 50.6 Å². The molecule has 0 unspecified atom stereocenters. The van der Waals surface area contributed by atoms with Gasteiger partial charge in [0.2, 0.25) is 0 Å². The molecule has 3 aromatic carbocycles. The molecule has 1 aliphatic heterocycles. The Bertz CT molecular complexity index is 1590. The number of nitrogens with zero attached hydrogens (tertiary/aromatic N) is 2. The number of hydrogen-bond donors (Lipinski definition) is 0. The lowest BCUT2D eigenvalue weighted by molar-refractivity contribution is 0.525. The Morgan fingerprint density at radius 3 is 1.86 bits per heavy atom. The van der Waals surface area contributed by atoms with Crippen LogP contribution in [-0.2, 0) is 10.0 Å². The summed E-state index contributed by atoms with van der Waals surface area (Å²) in [5.74, 6) is -0.860. The van der Waals surface area contributed by atoms with Crippen LogP contribution in [0.25, 0.3) is 0 Å². The first-order chi connectivity index (χ1) is 16.7. The minimum absolute atomic E-state index is 0.0620. The summed E-state index contributed by atoms with van der Waals surface area (Å²) in [4.78, 5) is 12.5. The molecule has 0 radical (unpaired) electrons. The third-order valence-electron chi connectivity index (χ3n) is 5.88. The van der Waals surface area contributed by atoms with Gasteiger partial charge in [0.25, 0.3) is 15.6 Å². The van der Waals surface area contributed by atoms with E-state index in [4.69, 9.17) is 34.8 Å². The Hall–Kier alpha value is -2.84. The quantitative estimate of drug-likeness (QED) is 0.292. The number of fused-ring (bicyclic) bond motifs is 1. The van der Waals surface area contributed by atoms with Gasteiger partial charge in [-0.15, -0.1) is 0 Å². The van der Waals surface area contributed by atoms with E-state index in [0.29, 0.717) is 21.2 Å². The third kappa shape index (κ3) is 4.12. The first-order valence-corrected chi connectivity index (χ1v) is 13.0. The Labute approximate surface area is 216 Å². The minimum atomic E-state index is -4.52. The molecule has 5 rings (SSSR count). The van der Waals surface area contributed by atoms with Crippen LogP contribution in [0.1, 0.15) is 23.2 Å². The van der Waals surface area contributed by atoms with Crippen LogP contribution in [0.5, 0.6) is 0 Å². The summed E-state index contributed by atoms with van der Waals surface area (Å²) >= 11 is 18.2. The first-order valence-electron chi connectivity index (χ1n) is 10.4. The summed E-state index contributed by atoms with van der Waals surface area (Å²) in [7, 11) is -4.52. The summed E-state index contributed by atoms with van der Waals surface area (Å²) in [6, 6.07) is 19.4. The molecule has 0 N–H and O–H groups in total. The van der Waals surface area contributed by atoms with Gasteiger partial charge in [-0.2, -0.15) is 0 Å². The van der Waals surface area contributed by atoms with Gasteiger partial charge < -0.3 is 0 Å². The molecule has 5 nitrogen and oxygen atoms in total. The highest BCUT2D eigenvalue weighted by molar-refractivity contribution is 7.92. The van der Waals surface area contributed by atoms with Crippen molar-refractivity contribution < 1.29 is 12.8 Å². The molecular formula is C25H16Cl3FN2O3S. The van der Waals surface area contributed by atoms with Gasteiger partial charge in [0, 0.05) is 21.1 Å². The van der Waals surface area contributed by atoms with Crippen LogP contribution in [0, 0.1) is 5.82 Å². The number of anilines is 1. The number of halogens is 4. The minimum Gasteiger partial charge on any atom is -0.284 e. The van der Waals surface area contributed by atoms with Gasteiger partial charge in [0.05, 0.1) is 12.1 Å². The number of sulfonamides is 1. The van der Waals surface area contributed by atoms with Gasteiger partial charge >= 0.3 is 0 Å². The Kier molecular flexibility index (Phi) is 6.13. The second-order valence-electron chi connectivity index (χ2n) is 7.96. The molecule has 0 fully saturated rings. The Balaban J connectivity index is 1.83. The van der Waals surface area contributed by atoms with Gasteiger partial charge in [-0.05, 0) is 59.7 Å². The second-order valence-corrected chi connectivity index (χ2v) is 11.1. The zero-order chi connectivity index (χ0) is 24.9. The number of rotatable bonds is 4. The predicted molar refractivity (Wildman–Crippen MR) is 136 cm³/mol. The lowest BCUT2D eigenvalue weighted by Gasteiger charge is -2.29. The Morgan fingerprint density at radius 1 is 0.714 bits per heavy atom. The van der Waals surface area contributed by atoms with Crippen molar-refractivity contribution in [2.45, 2.75) is 17.0 Å². The molecule has 35 heavy (non-hydrogen) atoms. The fourth-order valence-electron chi connectivity index (χ4n) is 4.38. The van der Waals surface area contributed by atoms with Crippen molar-refractivity contribution in [2.24, 2.45) is 0 Å². The fraction of sp³-hybridized carbons (Fsp3) is 0.0800. The molecule has 2 atom stereocenters. The average Bonchev–Trinajstić information content (AvgIpc) is 3.19. The maximum absolute atomic E-state index is 14.9. The highest BCUT2D eigenvalue weighted by atomic mass is 35.5. The maximum atomic E-state index is 14.9. The molecule has 178 valence electrons. The molecule has 1 aromatic heterocycles. The van der Waals surface area contributed by atoms with E-state index in [-0.39, 0.29) is 10.8 Å². The molecule has 1 aliphatic rings. The van der Waals surface area contributed by atoms with Crippen molar-refractivity contribution in [2.75, 3.05) is 4.31 Å². The van der Waals surface area contributed by atoms with Gasteiger partial charge in [-0.25, -0.2) is 17.1 Å². The van der Waals surface area contributed by atoms with E-state index in [1.807, 2.05) is 0 Å². The number of aromatic nitrogens is 1. The van der Waals surface area contributed by atoms with E-state index in [0.717, 1.165) is 16.4 Å². The van der Waals surface area contributed by atoms with Crippen LogP contribution in [0.4, 0.5) is 10.2 Å². The molecule has 4 aromatic rings. The van der Waals surface area contributed by atoms with Crippen LogP contribution in [0.3, 0.4) is 0 Å². The van der Waals surface area contributed by atoms with Gasteiger partial charge in [0.15, 0.2) is 0 Å². The van der Waals surface area contributed by atoms with Crippen molar-refractivity contribution in [1.29, 1.82) is 0 Å². The second kappa shape index (κ2) is 8.99. The Morgan fingerprint density at radius 2 is 1.26 bits per heavy atom. The third-order valence-corrected chi connectivity index (χ3v) is 8.42. The van der Waals surface area contributed by atoms with Crippen molar-refractivity contribution in [1.82, 2.24) is 4.57 Å². The summed E-state index contributed by atoms with van der Waals surface area (Å²) < 4.78 is 45.4. The lowest BCUT2D eigenvalue weighted by Crippen LogP contribution is -2.34. The summed E-state index contributed by atoms with van der Waals surface area (Å²) in [5, 5.41) is 1.01. The van der Waals surface area contributed by atoms with E-state index in [2.05, 4.69) is 0 Å². The van der Waals surface area contributed by atoms with Gasteiger partial charge in [-0.3, -0.25) is 9.36 Å². The van der Waals surface area contributed by atoms with Crippen molar-refractivity contribution in [3.8, 4) is 0 Å². The molecule has 2 heterocycles. The van der Waals surface area contributed by atoms with Gasteiger partial charge in [-0.1, -0.05) is 65.1 Å². The largest absolute Gasteiger partial charge is 0.284 e. The predicted octanol–water partition coefficient (Wildman–Crippen LogP) is 6.49. The monoisotopic (exact) mass is 548 g/mol. The molecule has 0 amide bonds. The van der Waals surface area contributed by atoms with Crippen LogP contribution < -0.4 is 9.86 Å². The van der Waals surface area contributed by atoms with E-state index < -0.39 is 38.4 Å². The van der Waals surface area contributed by atoms with Crippen LogP contribution in [0.2, 0.25) is 15.1 Å². The molecule has 0 bridgehead atoms. The van der Waals surface area contributed by atoms with E-state index in [1.165, 1.54) is 28.8 Å². The van der Waals surface area contributed by atoms with Gasteiger partial charge in [0.1, 0.15) is 16.5 Å². The number of pyridine rings is 1. The lowest BCUT2D eigenvalue weighted by atomic mass is 9.94. The van der Waals surface area contributed by atoms with Crippen LogP contribution in [0.15, 0.2) is 94.6 Å². The average molecular weight is 550 g/mol. The molecule has 0 saturated heterocycles. The molecule has 0 saturated carbocycles. The van der Waals surface area contributed by atoms with Crippen molar-refractivity contribution in [3.05, 3.63) is 127 Å². The first kappa shape index (κ1) is 23.9. The summed E-state index contributed by atoms with van der Waals surface area (Å²) in [6.07, 6.45) is 0. The van der Waals surface area contributed by atoms with Crippen LogP contribution >= 0.6 is 34.8 Å². The van der Waals surface area contributed by atoms with Crippen LogP contribution in [-0.4, -0.2) is 13.0 Å². The zero-order valence-electron chi connectivity index (χ0n) is 17.8. The van der Waals surface area contributed by atoms with E-state index in [1.54, 1.807) is 48.5 Å². The number of hydrogen-bond acceptors (Lipinski definition) is 3. The topological polar surface area (TPSA) is 59.4 Å². The smallest absolute Gasteiger partial charge is 0.269 e. The van der Waals surface area contributed by atoms with E-state index >= 15 is 0 Å². The molecule has 0 spiro atoms. The van der Waals surface area contributed by atoms with Crippen molar-refractivity contribution in [3.63, 3.8) is 0 Å². The normalized spacial score (nSPS) is 17.4. The number of benzene rings is 3. The molecule has 0 aliphatic carbocycles. The molecular weight excluding hydrogens is 534 g/mol. The SMILES string of the molecule is O=c1cccc2n1[C@H](c1ccc(Cl)cc1)[C@H](c1ccc(Cl)cc1)N2S(=O)(=O)c1cc(Cl)ccc1F. The fourth-order valence-corrected chi connectivity index (χ4v) is 6.61. The zero-order valence-corrected chi connectivity index (χ0v) is 20.9.